The van der Waals surface area contributed by atoms with E-state index in [1.165, 1.54) is 6.42 Å². The Balaban J connectivity index is 1.42. The summed E-state index contributed by atoms with van der Waals surface area (Å²) in [6.07, 6.45) is 7.80. The van der Waals surface area contributed by atoms with E-state index in [-0.39, 0.29) is 24.3 Å². The molecule has 3 fully saturated rings. The predicted octanol–water partition coefficient (Wildman–Crippen LogP) is 1.03. The predicted molar refractivity (Wildman–Crippen MR) is 85.9 cm³/mol. The monoisotopic (exact) mass is 326 g/mol. The van der Waals surface area contributed by atoms with E-state index in [0.717, 1.165) is 51.5 Å². The lowest BCUT2D eigenvalue weighted by Crippen LogP contribution is -2.49. The van der Waals surface area contributed by atoms with Crippen molar-refractivity contribution in [3.63, 3.8) is 0 Å². The second-order valence-corrected chi connectivity index (χ2v) is 7.08. The summed E-state index contributed by atoms with van der Waals surface area (Å²) in [4.78, 5) is 14.6. The Labute approximate surface area is 138 Å². The largest absolute Gasteiger partial charge is 0.396 e. The molecular weight excluding hydrogens is 296 g/mol. The van der Waals surface area contributed by atoms with Crippen LogP contribution in [0, 0.1) is 0 Å². The lowest BCUT2D eigenvalue weighted by molar-refractivity contribution is -0.180. The number of hydrogen-bond acceptors (Lipinski definition) is 5. The van der Waals surface area contributed by atoms with E-state index in [4.69, 9.17) is 9.47 Å². The zero-order chi connectivity index (χ0) is 16.1. The molecule has 0 bridgehead atoms. The molecule has 1 spiro atoms. The average molecular weight is 326 g/mol. The fourth-order valence-electron chi connectivity index (χ4n) is 4.19. The van der Waals surface area contributed by atoms with Gasteiger partial charge in [0.2, 0.25) is 5.91 Å². The third-order valence-corrected chi connectivity index (χ3v) is 5.48. The molecule has 1 aliphatic carbocycles. The molecule has 1 atom stereocenters. The number of piperidine rings is 1. The fraction of sp³-hybridized carbons (Fsp3) is 0.941. The maximum atomic E-state index is 12.4. The molecule has 132 valence electrons. The van der Waals surface area contributed by atoms with Gasteiger partial charge < -0.3 is 19.9 Å². The molecular formula is C17H30N2O4. The van der Waals surface area contributed by atoms with Gasteiger partial charge in [0.25, 0.3) is 0 Å². The van der Waals surface area contributed by atoms with E-state index in [1.807, 2.05) is 0 Å². The minimum absolute atomic E-state index is 0.115. The van der Waals surface area contributed by atoms with Gasteiger partial charge in [-0.25, -0.2) is 0 Å². The first kappa shape index (κ1) is 17.1. The molecule has 2 heterocycles. The fourth-order valence-corrected chi connectivity index (χ4v) is 4.19. The van der Waals surface area contributed by atoms with Crippen molar-refractivity contribution in [2.24, 2.45) is 0 Å². The minimum atomic E-state index is -0.361. The third-order valence-electron chi connectivity index (χ3n) is 5.48. The average Bonchev–Trinajstić information content (AvgIpc) is 3.00. The van der Waals surface area contributed by atoms with Crippen molar-refractivity contribution in [2.45, 2.75) is 69.2 Å². The van der Waals surface area contributed by atoms with Crippen LogP contribution in [0.2, 0.25) is 0 Å². The maximum Gasteiger partial charge on any atom is 0.234 e. The molecule has 0 aromatic rings. The van der Waals surface area contributed by atoms with Gasteiger partial charge in [0.1, 0.15) is 0 Å². The van der Waals surface area contributed by atoms with Crippen molar-refractivity contribution in [1.29, 1.82) is 0 Å². The highest BCUT2D eigenvalue weighted by atomic mass is 16.7. The number of carbonyl (C=O) groups is 1. The summed E-state index contributed by atoms with van der Waals surface area (Å²) in [6, 6.07) is 0.594. The number of carbonyl (C=O) groups excluding carboxylic acids is 1. The van der Waals surface area contributed by atoms with Crippen LogP contribution in [0.15, 0.2) is 0 Å². The normalized spacial score (nSPS) is 29.0. The maximum absolute atomic E-state index is 12.4. The van der Waals surface area contributed by atoms with Gasteiger partial charge in [0, 0.05) is 31.5 Å². The van der Waals surface area contributed by atoms with Crippen LogP contribution < -0.4 is 5.32 Å². The number of ether oxygens (including phenoxy) is 2. The standard InChI is InChI=1S/C17H30N2O4/c20-10-6-15-3-1-2-9-19(15)13-16(21)18-14-4-7-17(8-5-14)22-11-12-23-17/h14-15,20H,1-13H2,(H,18,21). The summed E-state index contributed by atoms with van der Waals surface area (Å²) in [7, 11) is 0. The van der Waals surface area contributed by atoms with Crippen LogP contribution in [0.5, 0.6) is 0 Å². The first-order chi connectivity index (χ1) is 11.2. The van der Waals surface area contributed by atoms with Crippen LogP contribution >= 0.6 is 0 Å². The van der Waals surface area contributed by atoms with Crippen LogP contribution in [-0.4, -0.2) is 66.7 Å². The van der Waals surface area contributed by atoms with Crippen LogP contribution in [0.1, 0.15) is 51.4 Å². The molecule has 0 aromatic carbocycles. The number of nitrogens with one attached hydrogen (secondary N) is 1. The van der Waals surface area contributed by atoms with E-state index in [2.05, 4.69) is 10.2 Å². The first-order valence-corrected chi connectivity index (χ1v) is 9.13. The molecule has 6 nitrogen and oxygen atoms in total. The number of aliphatic hydroxyl groups excluding tert-OH is 1. The number of amides is 1. The van der Waals surface area contributed by atoms with Crippen molar-refractivity contribution in [1.82, 2.24) is 10.2 Å². The summed E-state index contributed by atoms with van der Waals surface area (Å²) < 4.78 is 11.5. The van der Waals surface area contributed by atoms with Gasteiger partial charge in [0.15, 0.2) is 5.79 Å². The van der Waals surface area contributed by atoms with Gasteiger partial charge >= 0.3 is 0 Å². The minimum Gasteiger partial charge on any atom is -0.396 e. The molecule has 0 radical (unpaired) electrons. The van der Waals surface area contributed by atoms with Gasteiger partial charge in [-0.05, 0) is 38.6 Å². The molecule has 23 heavy (non-hydrogen) atoms. The van der Waals surface area contributed by atoms with Gasteiger partial charge in [0.05, 0.1) is 19.8 Å². The Kier molecular flexibility index (Phi) is 5.91. The molecule has 3 aliphatic rings. The highest BCUT2D eigenvalue weighted by Gasteiger charge is 2.40. The van der Waals surface area contributed by atoms with Crippen molar-refractivity contribution in [2.75, 3.05) is 32.9 Å². The molecule has 3 rings (SSSR count). The van der Waals surface area contributed by atoms with Gasteiger partial charge in [-0.3, -0.25) is 9.69 Å². The van der Waals surface area contributed by atoms with Crippen molar-refractivity contribution in [3.8, 4) is 0 Å². The molecule has 6 heteroatoms. The van der Waals surface area contributed by atoms with Crippen molar-refractivity contribution >= 4 is 5.91 Å². The third kappa shape index (κ3) is 4.44. The van der Waals surface area contributed by atoms with Gasteiger partial charge in [-0.2, -0.15) is 0 Å². The van der Waals surface area contributed by atoms with Crippen LogP contribution in [-0.2, 0) is 14.3 Å². The number of aliphatic hydroxyl groups is 1. The smallest absolute Gasteiger partial charge is 0.234 e. The Bertz CT molecular complexity index is 386. The number of likely N-dealkylation sites (tertiary alicyclic amines) is 1. The Morgan fingerprint density at radius 2 is 1.91 bits per heavy atom. The summed E-state index contributed by atoms with van der Waals surface area (Å²) in [5.41, 5.74) is 0. The molecule has 2 N–H and O–H groups in total. The number of nitrogens with zero attached hydrogens (tertiary/aromatic N) is 1. The van der Waals surface area contributed by atoms with E-state index in [9.17, 15) is 9.90 Å². The topological polar surface area (TPSA) is 71.0 Å². The Morgan fingerprint density at radius 1 is 1.17 bits per heavy atom. The van der Waals surface area contributed by atoms with Crippen molar-refractivity contribution in [3.05, 3.63) is 0 Å². The quantitative estimate of drug-likeness (QED) is 0.789. The molecule has 1 amide bonds. The molecule has 2 saturated heterocycles. The lowest BCUT2D eigenvalue weighted by Gasteiger charge is -2.37. The van der Waals surface area contributed by atoms with Crippen LogP contribution in [0.3, 0.4) is 0 Å². The van der Waals surface area contributed by atoms with Crippen LogP contribution in [0.25, 0.3) is 0 Å². The highest BCUT2D eigenvalue weighted by Crippen LogP contribution is 2.35. The summed E-state index contributed by atoms with van der Waals surface area (Å²) in [5.74, 6) is -0.246. The summed E-state index contributed by atoms with van der Waals surface area (Å²) >= 11 is 0. The molecule has 1 unspecified atom stereocenters. The van der Waals surface area contributed by atoms with Crippen molar-refractivity contribution < 1.29 is 19.4 Å². The van der Waals surface area contributed by atoms with Gasteiger partial charge in [-0.15, -0.1) is 0 Å². The molecule has 2 aliphatic heterocycles. The van der Waals surface area contributed by atoms with E-state index < -0.39 is 0 Å². The first-order valence-electron chi connectivity index (χ1n) is 9.13. The SMILES string of the molecule is O=C(CN1CCCCC1CCO)NC1CCC2(CC1)OCCO2. The lowest BCUT2D eigenvalue weighted by atomic mass is 9.90. The summed E-state index contributed by atoms with van der Waals surface area (Å²) in [5, 5.41) is 12.4. The highest BCUT2D eigenvalue weighted by molar-refractivity contribution is 5.78. The summed E-state index contributed by atoms with van der Waals surface area (Å²) in [6.45, 7) is 3.01. The van der Waals surface area contributed by atoms with E-state index in [0.29, 0.717) is 25.8 Å². The second-order valence-electron chi connectivity index (χ2n) is 7.08. The zero-order valence-corrected chi connectivity index (χ0v) is 14.0. The van der Waals surface area contributed by atoms with E-state index >= 15 is 0 Å². The zero-order valence-electron chi connectivity index (χ0n) is 14.0. The second kappa shape index (κ2) is 7.92. The van der Waals surface area contributed by atoms with E-state index in [1.54, 1.807) is 0 Å². The Morgan fingerprint density at radius 3 is 2.61 bits per heavy atom. The Hall–Kier alpha value is -0.690. The van der Waals surface area contributed by atoms with Crippen LogP contribution in [0.4, 0.5) is 0 Å². The molecule has 0 aromatic heterocycles. The molecule has 1 saturated carbocycles. The number of rotatable bonds is 5. The van der Waals surface area contributed by atoms with Gasteiger partial charge in [-0.1, -0.05) is 6.42 Å². The number of hydrogen-bond donors (Lipinski definition) is 2.